The molecule has 0 aliphatic carbocycles. The van der Waals surface area contributed by atoms with Crippen molar-refractivity contribution in [2.75, 3.05) is 11.3 Å². The van der Waals surface area contributed by atoms with E-state index in [-0.39, 0.29) is 10.0 Å². The van der Waals surface area contributed by atoms with Crippen LogP contribution in [-0.2, 0) is 16.4 Å². The normalized spacial score (nSPS) is 11.6. The maximum atomic E-state index is 13.2. The van der Waals surface area contributed by atoms with Gasteiger partial charge < -0.3 is 5.73 Å². The van der Waals surface area contributed by atoms with Crippen molar-refractivity contribution in [3.8, 4) is 0 Å². The number of rotatable bonds is 5. The number of hydrogen-bond donors (Lipinski definition) is 2. The lowest BCUT2D eigenvalue weighted by atomic mass is 10.2. The van der Waals surface area contributed by atoms with Crippen molar-refractivity contribution < 1.29 is 12.8 Å². The van der Waals surface area contributed by atoms with Crippen LogP contribution in [0.5, 0.6) is 0 Å². The van der Waals surface area contributed by atoms with E-state index in [2.05, 4.69) is 4.72 Å². The Morgan fingerprint density at radius 1 is 1.30 bits per heavy atom. The van der Waals surface area contributed by atoms with Crippen LogP contribution in [0.3, 0.4) is 0 Å². The number of hydrogen-bond acceptors (Lipinski definition) is 4. The number of benzene rings is 1. The van der Waals surface area contributed by atoms with Crippen molar-refractivity contribution in [3.63, 3.8) is 0 Å². The van der Waals surface area contributed by atoms with Crippen LogP contribution in [0.15, 0.2) is 34.5 Å². The molecule has 4 nitrogen and oxygen atoms in total. The second-order valence-corrected chi connectivity index (χ2v) is 7.41. The first kappa shape index (κ1) is 15.0. The van der Waals surface area contributed by atoms with Crippen LogP contribution in [0.25, 0.3) is 0 Å². The Labute approximate surface area is 121 Å². The van der Waals surface area contributed by atoms with Crippen LogP contribution in [0.1, 0.15) is 10.4 Å². The van der Waals surface area contributed by atoms with E-state index in [1.54, 1.807) is 19.1 Å². The SMILES string of the molecule is Cc1cc(NS(=O)(=O)c2ccc(CCN)s2)ccc1F. The molecule has 0 aliphatic rings. The fraction of sp³-hybridized carbons (Fsp3) is 0.231. The van der Waals surface area contributed by atoms with Gasteiger partial charge in [0.05, 0.1) is 0 Å². The number of nitrogens with one attached hydrogen (secondary N) is 1. The van der Waals surface area contributed by atoms with Gasteiger partial charge in [0, 0.05) is 10.6 Å². The molecule has 0 bridgehead atoms. The quantitative estimate of drug-likeness (QED) is 0.890. The Kier molecular flexibility index (Phi) is 4.42. The van der Waals surface area contributed by atoms with Crippen molar-refractivity contribution in [2.45, 2.75) is 17.6 Å². The molecule has 0 spiro atoms. The minimum Gasteiger partial charge on any atom is -0.330 e. The van der Waals surface area contributed by atoms with E-state index < -0.39 is 10.0 Å². The van der Waals surface area contributed by atoms with E-state index >= 15 is 0 Å². The highest BCUT2D eigenvalue weighted by atomic mass is 32.2. The zero-order chi connectivity index (χ0) is 14.8. The molecule has 0 fully saturated rings. The van der Waals surface area contributed by atoms with Crippen LogP contribution >= 0.6 is 11.3 Å². The van der Waals surface area contributed by atoms with Gasteiger partial charge in [-0.25, -0.2) is 12.8 Å². The number of thiophene rings is 1. The van der Waals surface area contributed by atoms with Gasteiger partial charge >= 0.3 is 0 Å². The monoisotopic (exact) mass is 314 g/mol. The Morgan fingerprint density at radius 2 is 2.05 bits per heavy atom. The van der Waals surface area contributed by atoms with Crippen molar-refractivity contribution in [2.24, 2.45) is 5.73 Å². The fourth-order valence-corrected chi connectivity index (χ4v) is 4.11. The molecule has 0 unspecified atom stereocenters. The van der Waals surface area contributed by atoms with Gasteiger partial charge in [0.2, 0.25) is 0 Å². The molecule has 0 aliphatic heterocycles. The predicted molar refractivity (Wildman–Crippen MR) is 79.0 cm³/mol. The molecule has 3 N–H and O–H groups in total. The third kappa shape index (κ3) is 3.36. The predicted octanol–water partition coefficient (Wildman–Crippen LogP) is 2.50. The van der Waals surface area contributed by atoms with E-state index in [1.165, 1.54) is 29.5 Å². The second-order valence-electron chi connectivity index (χ2n) is 4.33. The molecule has 2 rings (SSSR count). The molecule has 2 aromatic rings. The van der Waals surface area contributed by atoms with Gasteiger partial charge in [0.15, 0.2) is 0 Å². The number of aryl methyl sites for hydroxylation is 1. The zero-order valence-electron chi connectivity index (χ0n) is 10.9. The molecule has 0 radical (unpaired) electrons. The molecule has 0 amide bonds. The van der Waals surface area contributed by atoms with Crippen LogP contribution in [0.4, 0.5) is 10.1 Å². The van der Waals surface area contributed by atoms with Gasteiger partial charge in [-0.05, 0) is 55.8 Å². The number of anilines is 1. The Morgan fingerprint density at radius 3 is 2.70 bits per heavy atom. The molecular formula is C13H15FN2O2S2. The Hall–Kier alpha value is -1.44. The van der Waals surface area contributed by atoms with Gasteiger partial charge in [0.1, 0.15) is 10.0 Å². The average molecular weight is 314 g/mol. The van der Waals surface area contributed by atoms with E-state index in [9.17, 15) is 12.8 Å². The Balaban J connectivity index is 2.23. The van der Waals surface area contributed by atoms with Gasteiger partial charge in [-0.2, -0.15) is 0 Å². The van der Waals surface area contributed by atoms with Crippen molar-refractivity contribution in [1.29, 1.82) is 0 Å². The first-order chi connectivity index (χ1) is 9.42. The molecule has 7 heteroatoms. The molecule has 0 saturated carbocycles. The highest BCUT2D eigenvalue weighted by molar-refractivity contribution is 7.94. The lowest BCUT2D eigenvalue weighted by Crippen LogP contribution is -2.11. The summed E-state index contributed by atoms with van der Waals surface area (Å²) < 4.78 is 40.2. The molecule has 108 valence electrons. The van der Waals surface area contributed by atoms with E-state index in [0.29, 0.717) is 24.2 Å². The summed E-state index contributed by atoms with van der Waals surface area (Å²) in [6, 6.07) is 7.40. The zero-order valence-corrected chi connectivity index (χ0v) is 12.5. The summed E-state index contributed by atoms with van der Waals surface area (Å²) in [5, 5.41) is 0. The summed E-state index contributed by atoms with van der Waals surface area (Å²) >= 11 is 1.19. The Bertz CT molecular complexity index is 711. The van der Waals surface area contributed by atoms with Crippen molar-refractivity contribution >= 4 is 27.0 Å². The molecular weight excluding hydrogens is 299 g/mol. The van der Waals surface area contributed by atoms with Crippen LogP contribution in [0, 0.1) is 12.7 Å². The number of halogens is 1. The van der Waals surface area contributed by atoms with E-state index in [1.807, 2.05) is 0 Å². The maximum Gasteiger partial charge on any atom is 0.271 e. The minimum absolute atomic E-state index is 0.225. The largest absolute Gasteiger partial charge is 0.330 e. The van der Waals surface area contributed by atoms with Gasteiger partial charge in [-0.3, -0.25) is 4.72 Å². The topological polar surface area (TPSA) is 72.2 Å². The first-order valence-corrected chi connectivity index (χ1v) is 8.30. The second kappa shape index (κ2) is 5.90. The van der Waals surface area contributed by atoms with Gasteiger partial charge in [0.25, 0.3) is 10.0 Å². The third-order valence-corrected chi connectivity index (χ3v) is 5.72. The van der Waals surface area contributed by atoms with E-state index in [4.69, 9.17) is 5.73 Å². The standard InChI is InChI=1S/C13H15FN2O2S2/c1-9-8-10(2-4-12(9)14)16-20(17,18)13-5-3-11(19-13)6-7-15/h2-5,8,16H,6-7,15H2,1H3. The summed E-state index contributed by atoms with van der Waals surface area (Å²) in [4.78, 5) is 0.920. The molecule has 0 atom stereocenters. The maximum absolute atomic E-state index is 13.2. The van der Waals surface area contributed by atoms with E-state index in [0.717, 1.165) is 4.88 Å². The molecule has 1 aromatic heterocycles. The van der Waals surface area contributed by atoms with Crippen molar-refractivity contribution in [1.82, 2.24) is 0 Å². The van der Waals surface area contributed by atoms with Gasteiger partial charge in [-0.15, -0.1) is 11.3 Å². The fourth-order valence-electron chi connectivity index (χ4n) is 1.69. The lowest BCUT2D eigenvalue weighted by molar-refractivity contribution is 0.602. The molecule has 0 saturated heterocycles. The first-order valence-electron chi connectivity index (χ1n) is 6.00. The number of nitrogens with two attached hydrogens (primary N) is 1. The third-order valence-electron chi connectivity index (χ3n) is 2.70. The smallest absolute Gasteiger partial charge is 0.271 e. The number of sulfonamides is 1. The molecule has 1 heterocycles. The summed E-state index contributed by atoms with van der Waals surface area (Å²) in [7, 11) is -3.64. The van der Waals surface area contributed by atoms with Crippen LogP contribution in [0.2, 0.25) is 0 Å². The van der Waals surface area contributed by atoms with Crippen LogP contribution in [-0.4, -0.2) is 15.0 Å². The lowest BCUT2D eigenvalue weighted by Gasteiger charge is -2.07. The minimum atomic E-state index is -3.64. The van der Waals surface area contributed by atoms with Crippen LogP contribution < -0.4 is 10.5 Å². The summed E-state index contributed by atoms with van der Waals surface area (Å²) in [6.45, 7) is 2.06. The highest BCUT2D eigenvalue weighted by Gasteiger charge is 2.17. The molecule has 1 aromatic carbocycles. The molecule has 20 heavy (non-hydrogen) atoms. The summed E-state index contributed by atoms with van der Waals surface area (Å²) in [5.41, 5.74) is 6.17. The summed E-state index contributed by atoms with van der Waals surface area (Å²) in [6.07, 6.45) is 0.649. The highest BCUT2D eigenvalue weighted by Crippen LogP contribution is 2.25. The summed E-state index contributed by atoms with van der Waals surface area (Å²) in [5.74, 6) is -0.366. The van der Waals surface area contributed by atoms with Crippen molar-refractivity contribution in [3.05, 3.63) is 46.6 Å². The average Bonchev–Trinajstić information content (AvgIpc) is 2.83. The van der Waals surface area contributed by atoms with Gasteiger partial charge in [-0.1, -0.05) is 0 Å².